The Morgan fingerprint density at radius 3 is 2.50 bits per heavy atom. The number of rotatable bonds is 2. The van der Waals surface area contributed by atoms with Crippen molar-refractivity contribution in [3.05, 3.63) is 18.7 Å². The van der Waals surface area contributed by atoms with E-state index in [1.165, 1.54) is 0 Å². The molecule has 20 heavy (non-hydrogen) atoms. The highest BCUT2D eigenvalue weighted by molar-refractivity contribution is 7.80. The molecular weight excluding hydrogens is 274 g/mol. The molecule has 2 heterocycles. The minimum Gasteiger partial charge on any atom is -0.444 e. The van der Waals surface area contributed by atoms with Crippen molar-refractivity contribution in [3.8, 4) is 0 Å². The van der Waals surface area contributed by atoms with Crippen molar-refractivity contribution in [1.29, 1.82) is 0 Å². The number of piperidine rings is 1. The molecule has 0 spiro atoms. The van der Waals surface area contributed by atoms with E-state index in [-0.39, 0.29) is 11.6 Å². The first-order valence-electron chi connectivity index (χ1n) is 6.94. The van der Waals surface area contributed by atoms with E-state index in [4.69, 9.17) is 4.74 Å². The Bertz CT molecular complexity index is 445. The van der Waals surface area contributed by atoms with Gasteiger partial charge in [-0.1, -0.05) is 0 Å². The lowest BCUT2D eigenvalue weighted by molar-refractivity contribution is 0.0134. The maximum absolute atomic E-state index is 12.1. The Kier molecular flexibility index (Phi) is 4.32. The Hall–Kier alpha value is -1.17. The average Bonchev–Trinajstić information content (AvgIpc) is 2.91. The molecular formula is C14H23N3O2S. The van der Waals surface area contributed by atoms with Crippen molar-refractivity contribution >= 4 is 18.7 Å². The molecule has 1 aromatic rings. The second-order valence-electron chi connectivity index (χ2n) is 6.32. The van der Waals surface area contributed by atoms with Crippen LogP contribution in [0, 0.1) is 0 Å². The summed E-state index contributed by atoms with van der Waals surface area (Å²) in [5.41, 5.74) is -0.488. The summed E-state index contributed by atoms with van der Waals surface area (Å²) < 4.78 is 7.54. The lowest BCUT2D eigenvalue weighted by Gasteiger charge is -2.42. The third kappa shape index (κ3) is 3.29. The van der Waals surface area contributed by atoms with Crippen LogP contribution >= 0.6 is 12.6 Å². The number of ether oxygens (including phenoxy) is 1. The van der Waals surface area contributed by atoms with Gasteiger partial charge in [-0.2, -0.15) is 12.6 Å². The first-order valence-corrected chi connectivity index (χ1v) is 7.57. The molecule has 0 saturated carbocycles. The molecule has 5 nitrogen and oxygen atoms in total. The predicted molar refractivity (Wildman–Crippen MR) is 81.1 cm³/mol. The lowest BCUT2D eigenvalue weighted by atomic mass is 9.89. The number of aromatic nitrogens is 2. The number of imidazole rings is 1. The zero-order valence-electron chi connectivity index (χ0n) is 12.4. The number of hydrogen-bond acceptors (Lipinski definition) is 4. The molecule has 112 valence electrons. The smallest absolute Gasteiger partial charge is 0.410 e. The molecule has 1 saturated heterocycles. The summed E-state index contributed by atoms with van der Waals surface area (Å²) in [6.07, 6.45) is 7.10. The molecule has 1 amide bonds. The predicted octanol–water partition coefficient (Wildman–Crippen LogP) is 2.54. The number of likely N-dealkylation sites (tertiary alicyclic amines) is 1. The lowest BCUT2D eigenvalue weighted by Crippen LogP contribution is -2.49. The topological polar surface area (TPSA) is 47.4 Å². The van der Waals surface area contributed by atoms with Crippen LogP contribution in [-0.2, 0) is 10.3 Å². The summed E-state index contributed by atoms with van der Waals surface area (Å²) in [6.45, 7) is 7.04. The van der Waals surface area contributed by atoms with Gasteiger partial charge < -0.3 is 14.2 Å². The summed E-state index contributed by atoms with van der Waals surface area (Å²) in [5.74, 6) is 0.742. The van der Waals surface area contributed by atoms with Gasteiger partial charge in [0.25, 0.3) is 0 Å². The third-order valence-electron chi connectivity index (χ3n) is 3.69. The van der Waals surface area contributed by atoms with Crippen molar-refractivity contribution < 1.29 is 9.53 Å². The standard InChI is InChI=1S/C14H23N3O2S/c1-13(2,3)19-12(18)16-7-4-14(10-20,5-8-16)17-9-6-15-11-17/h6,9,11,20H,4-5,7-8,10H2,1-3H3. The number of thiol groups is 1. The van der Waals surface area contributed by atoms with Crippen LogP contribution in [0.15, 0.2) is 18.7 Å². The molecule has 6 heteroatoms. The zero-order chi connectivity index (χ0) is 14.8. The van der Waals surface area contributed by atoms with Gasteiger partial charge in [-0.25, -0.2) is 9.78 Å². The normalized spacial score (nSPS) is 18.9. The highest BCUT2D eigenvalue weighted by atomic mass is 32.1. The highest BCUT2D eigenvalue weighted by Crippen LogP contribution is 2.31. The quantitative estimate of drug-likeness (QED) is 0.853. The number of carbonyl (C=O) groups is 1. The fourth-order valence-electron chi connectivity index (χ4n) is 2.47. The third-order valence-corrected chi connectivity index (χ3v) is 4.28. The number of hydrogen-bond donors (Lipinski definition) is 1. The van der Waals surface area contributed by atoms with Crippen molar-refractivity contribution in [2.45, 2.75) is 44.8 Å². The van der Waals surface area contributed by atoms with Crippen LogP contribution in [0.1, 0.15) is 33.6 Å². The second-order valence-corrected chi connectivity index (χ2v) is 6.64. The van der Waals surface area contributed by atoms with Gasteiger partial charge in [0.2, 0.25) is 0 Å². The van der Waals surface area contributed by atoms with Crippen molar-refractivity contribution in [3.63, 3.8) is 0 Å². The maximum Gasteiger partial charge on any atom is 0.410 e. The molecule has 0 aliphatic carbocycles. The van der Waals surface area contributed by atoms with E-state index in [1.807, 2.05) is 33.3 Å². The highest BCUT2D eigenvalue weighted by Gasteiger charge is 2.37. The van der Waals surface area contributed by atoms with Gasteiger partial charge in [0.1, 0.15) is 5.60 Å². The molecule has 0 aromatic carbocycles. The molecule has 1 aliphatic rings. The molecule has 0 unspecified atom stereocenters. The van der Waals surface area contributed by atoms with Gasteiger partial charge in [0, 0.05) is 31.2 Å². The van der Waals surface area contributed by atoms with Gasteiger partial charge in [-0.3, -0.25) is 0 Å². The van der Waals surface area contributed by atoms with Gasteiger partial charge in [-0.05, 0) is 33.6 Å². The first kappa shape index (κ1) is 15.2. The molecule has 1 fully saturated rings. The van der Waals surface area contributed by atoms with E-state index in [9.17, 15) is 4.79 Å². The molecule has 1 aromatic heterocycles. The van der Waals surface area contributed by atoms with E-state index in [0.717, 1.165) is 18.6 Å². The van der Waals surface area contributed by atoms with Crippen LogP contribution in [0.25, 0.3) is 0 Å². The first-order chi connectivity index (χ1) is 9.36. The number of amides is 1. The Morgan fingerprint density at radius 2 is 2.05 bits per heavy atom. The fourth-order valence-corrected chi connectivity index (χ4v) is 2.95. The Morgan fingerprint density at radius 1 is 1.40 bits per heavy atom. The summed E-state index contributed by atoms with van der Waals surface area (Å²) in [4.78, 5) is 18.0. The summed E-state index contributed by atoms with van der Waals surface area (Å²) >= 11 is 4.50. The van der Waals surface area contributed by atoms with Gasteiger partial charge in [0.05, 0.1) is 11.9 Å². The van der Waals surface area contributed by atoms with E-state index < -0.39 is 5.60 Å². The molecule has 0 radical (unpaired) electrons. The van der Waals surface area contributed by atoms with E-state index >= 15 is 0 Å². The van der Waals surface area contributed by atoms with Crippen LogP contribution in [0.2, 0.25) is 0 Å². The molecule has 0 atom stereocenters. The monoisotopic (exact) mass is 297 g/mol. The minimum atomic E-state index is -0.445. The van der Waals surface area contributed by atoms with E-state index in [1.54, 1.807) is 11.1 Å². The average molecular weight is 297 g/mol. The largest absolute Gasteiger partial charge is 0.444 e. The Balaban J connectivity index is 1.99. The number of carbonyl (C=O) groups excluding carboxylic acids is 1. The van der Waals surface area contributed by atoms with Gasteiger partial charge >= 0.3 is 6.09 Å². The van der Waals surface area contributed by atoms with E-state index in [2.05, 4.69) is 22.2 Å². The molecule has 0 N–H and O–H groups in total. The van der Waals surface area contributed by atoms with Crippen LogP contribution < -0.4 is 0 Å². The van der Waals surface area contributed by atoms with Crippen molar-refractivity contribution in [2.75, 3.05) is 18.8 Å². The SMILES string of the molecule is CC(C)(C)OC(=O)N1CCC(CS)(n2ccnc2)CC1. The summed E-state index contributed by atoms with van der Waals surface area (Å²) in [6, 6.07) is 0. The zero-order valence-corrected chi connectivity index (χ0v) is 13.3. The van der Waals surface area contributed by atoms with Crippen LogP contribution in [-0.4, -0.2) is 45.0 Å². The fraction of sp³-hybridized carbons (Fsp3) is 0.714. The summed E-state index contributed by atoms with van der Waals surface area (Å²) in [7, 11) is 0. The second kappa shape index (κ2) is 5.68. The molecule has 2 rings (SSSR count). The number of nitrogens with zero attached hydrogens (tertiary/aromatic N) is 3. The van der Waals surface area contributed by atoms with Crippen LogP contribution in [0.3, 0.4) is 0 Å². The molecule has 1 aliphatic heterocycles. The van der Waals surface area contributed by atoms with Crippen LogP contribution in [0.4, 0.5) is 4.79 Å². The van der Waals surface area contributed by atoms with Gasteiger partial charge in [0.15, 0.2) is 0 Å². The van der Waals surface area contributed by atoms with Crippen molar-refractivity contribution in [2.24, 2.45) is 0 Å². The maximum atomic E-state index is 12.1. The Labute approximate surface area is 125 Å². The van der Waals surface area contributed by atoms with Crippen LogP contribution in [0.5, 0.6) is 0 Å². The molecule has 0 bridgehead atoms. The van der Waals surface area contributed by atoms with E-state index in [0.29, 0.717) is 13.1 Å². The summed E-state index contributed by atoms with van der Waals surface area (Å²) in [5, 5.41) is 0. The minimum absolute atomic E-state index is 0.0435. The van der Waals surface area contributed by atoms with Gasteiger partial charge in [-0.15, -0.1) is 0 Å². The van der Waals surface area contributed by atoms with Crippen molar-refractivity contribution in [1.82, 2.24) is 14.5 Å².